The highest BCUT2D eigenvalue weighted by molar-refractivity contribution is 14.0. The Morgan fingerprint density at radius 1 is 1.00 bits per heavy atom. The van der Waals surface area contributed by atoms with Crippen LogP contribution in [0.4, 0.5) is 0 Å². The van der Waals surface area contributed by atoms with E-state index in [1.165, 1.54) is 5.56 Å². The second-order valence-corrected chi connectivity index (χ2v) is 9.44. The molecule has 0 saturated carbocycles. The molecule has 172 valence electrons. The van der Waals surface area contributed by atoms with Crippen molar-refractivity contribution in [3.8, 4) is 0 Å². The van der Waals surface area contributed by atoms with Crippen LogP contribution in [0.3, 0.4) is 0 Å². The monoisotopic (exact) mass is 567 g/mol. The molecule has 7 nitrogen and oxygen atoms in total. The molecule has 2 aromatic carbocycles. The SMILES string of the molecule is CN=C(NCCCS(=O)(=O)Cc1ccccc1)NCc1ccccc1Cn1cccn1.I. The molecule has 0 amide bonds. The topological polar surface area (TPSA) is 88.4 Å². The van der Waals surface area contributed by atoms with Crippen LogP contribution in [0.5, 0.6) is 0 Å². The van der Waals surface area contributed by atoms with Crippen LogP contribution >= 0.6 is 24.0 Å². The summed E-state index contributed by atoms with van der Waals surface area (Å²) in [7, 11) is -1.43. The van der Waals surface area contributed by atoms with Crippen LogP contribution in [0, 0.1) is 0 Å². The molecule has 0 radical (unpaired) electrons. The van der Waals surface area contributed by atoms with Crippen molar-refractivity contribution in [1.29, 1.82) is 0 Å². The zero-order valence-electron chi connectivity index (χ0n) is 18.1. The smallest absolute Gasteiger partial charge is 0.191 e. The van der Waals surface area contributed by atoms with E-state index in [-0.39, 0.29) is 35.5 Å². The minimum absolute atomic E-state index is 0. The number of halogens is 1. The Hall–Kier alpha value is -2.40. The largest absolute Gasteiger partial charge is 0.356 e. The summed E-state index contributed by atoms with van der Waals surface area (Å²) < 4.78 is 26.5. The third-order valence-corrected chi connectivity index (χ3v) is 6.52. The van der Waals surface area contributed by atoms with Crippen molar-refractivity contribution < 1.29 is 8.42 Å². The fourth-order valence-corrected chi connectivity index (χ4v) is 4.68. The van der Waals surface area contributed by atoms with E-state index in [0.29, 0.717) is 32.0 Å². The van der Waals surface area contributed by atoms with Crippen molar-refractivity contribution in [3.05, 3.63) is 89.7 Å². The molecule has 3 rings (SSSR count). The summed E-state index contributed by atoms with van der Waals surface area (Å²) >= 11 is 0. The number of nitrogens with zero attached hydrogens (tertiary/aromatic N) is 3. The zero-order chi connectivity index (χ0) is 21.9. The van der Waals surface area contributed by atoms with E-state index in [0.717, 1.165) is 11.1 Å². The summed E-state index contributed by atoms with van der Waals surface area (Å²) in [5.41, 5.74) is 3.16. The van der Waals surface area contributed by atoms with E-state index in [1.807, 2.05) is 59.4 Å². The lowest BCUT2D eigenvalue weighted by Gasteiger charge is -2.14. The fourth-order valence-electron chi connectivity index (χ4n) is 3.25. The zero-order valence-corrected chi connectivity index (χ0v) is 21.3. The number of benzene rings is 2. The summed E-state index contributed by atoms with van der Waals surface area (Å²) in [5, 5.41) is 10.8. The Kier molecular flexibility index (Phi) is 10.7. The maximum Gasteiger partial charge on any atom is 0.191 e. The lowest BCUT2D eigenvalue weighted by molar-refractivity contribution is 0.591. The van der Waals surface area contributed by atoms with E-state index in [4.69, 9.17) is 0 Å². The predicted octanol–water partition coefficient (Wildman–Crippen LogP) is 3.22. The van der Waals surface area contributed by atoms with Gasteiger partial charge in [-0.05, 0) is 29.2 Å². The molecule has 0 aliphatic rings. The van der Waals surface area contributed by atoms with Gasteiger partial charge in [-0.2, -0.15) is 5.10 Å². The second-order valence-electron chi connectivity index (χ2n) is 7.26. The number of hydrogen-bond acceptors (Lipinski definition) is 4. The summed E-state index contributed by atoms with van der Waals surface area (Å²) in [5.74, 6) is 0.862. The van der Waals surface area contributed by atoms with Crippen LogP contribution in [-0.4, -0.2) is 43.5 Å². The number of sulfone groups is 1. The molecule has 0 atom stereocenters. The van der Waals surface area contributed by atoms with Gasteiger partial charge >= 0.3 is 0 Å². The maximum atomic E-state index is 12.3. The lowest BCUT2D eigenvalue weighted by atomic mass is 10.1. The summed E-state index contributed by atoms with van der Waals surface area (Å²) in [4.78, 5) is 4.24. The van der Waals surface area contributed by atoms with Crippen molar-refractivity contribution in [2.45, 2.75) is 25.3 Å². The van der Waals surface area contributed by atoms with Crippen molar-refractivity contribution in [2.75, 3.05) is 19.3 Å². The Balaban J connectivity index is 0.00000363. The molecule has 0 saturated heterocycles. The summed E-state index contributed by atoms with van der Waals surface area (Å²) in [6, 6.07) is 19.4. The lowest BCUT2D eigenvalue weighted by Crippen LogP contribution is -2.38. The Morgan fingerprint density at radius 3 is 2.41 bits per heavy atom. The van der Waals surface area contributed by atoms with Crippen LogP contribution in [0.2, 0.25) is 0 Å². The van der Waals surface area contributed by atoms with E-state index in [9.17, 15) is 8.42 Å². The Bertz CT molecular complexity index is 1070. The molecule has 9 heteroatoms. The molecule has 0 aliphatic heterocycles. The van der Waals surface area contributed by atoms with Gasteiger partial charge in [-0.1, -0.05) is 54.6 Å². The van der Waals surface area contributed by atoms with Gasteiger partial charge in [0.15, 0.2) is 15.8 Å². The molecule has 32 heavy (non-hydrogen) atoms. The Labute approximate surface area is 207 Å². The highest BCUT2D eigenvalue weighted by Crippen LogP contribution is 2.10. The highest BCUT2D eigenvalue weighted by Gasteiger charge is 2.12. The van der Waals surface area contributed by atoms with Gasteiger partial charge < -0.3 is 10.6 Å². The fraction of sp³-hybridized carbons (Fsp3) is 0.304. The molecular weight excluding hydrogens is 537 g/mol. The van der Waals surface area contributed by atoms with Gasteiger partial charge in [0, 0.05) is 32.5 Å². The first-order chi connectivity index (χ1) is 15.1. The minimum atomic E-state index is -3.13. The van der Waals surface area contributed by atoms with Gasteiger partial charge in [0.05, 0.1) is 18.1 Å². The quantitative estimate of drug-likeness (QED) is 0.170. The predicted molar refractivity (Wildman–Crippen MR) is 140 cm³/mol. The number of aliphatic imine (C=N–C) groups is 1. The molecule has 1 heterocycles. The number of hydrogen-bond donors (Lipinski definition) is 2. The molecule has 0 bridgehead atoms. The number of nitrogens with one attached hydrogen (secondary N) is 2. The van der Waals surface area contributed by atoms with Crippen molar-refractivity contribution in [1.82, 2.24) is 20.4 Å². The normalized spacial score (nSPS) is 11.6. The molecule has 1 aromatic heterocycles. The highest BCUT2D eigenvalue weighted by atomic mass is 127. The molecule has 0 fully saturated rings. The number of rotatable bonds is 10. The minimum Gasteiger partial charge on any atom is -0.356 e. The first-order valence-corrected chi connectivity index (χ1v) is 12.1. The van der Waals surface area contributed by atoms with E-state index >= 15 is 0 Å². The average molecular weight is 567 g/mol. The van der Waals surface area contributed by atoms with Crippen LogP contribution in [0.25, 0.3) is 0 Å². The number of aromatic nitrogens is 2. The average Bonchev–Trinajstić information content (AvgIpc) is 3.28. The summed E-state index contributed by atoms with van der Waals surface area (Å²) in [6.45, 7) is 1.85. The number of guanidine groups is 1. The molecule has 0 unspecified atom stereocenters. The van der Waals surface area contributed by atoms with Crippen molar-refractivity contribution in [3.63, 3.8) is 0 Å². The van der Waals surface area contributed by atoms with Crippen LogP contribution in [-0.2, 0) is 28.7 Å². The molecule has 2 N–H and O–H groups in total. The van der Waals surface area contributed by atoms with Gasteiger partial charge in [0.2, 0.25) is 0 Å². The molecular formula is C23H30IN5O2S. The van der Waals surface area contributed by atoms with E-state index in [1.54, 1.807) is 13.2 Å². The third kappa shape index (κ3) is 8.62. The first kappa shape index (κ1) is 25.9. The van der Waals surface area contributed by atoms with Gasteiger partial charge in [-0.3, -0.25) is 9.67 Å². The van der Waals surface area contributed by atoms with Crippen LogP contribution < -0.4 is 10.6 Å². The third-order valence-electron chi connectivity index (χ3n) is 4.83. The molecule has 0 spiro atoms. The molecule has 3 aromatic rings. The Morgan fingerprint density at radius 2 is 1.72 bits per heavy atom. The first-order valence-electron chi connectivity index (χ1n) is 10.3. The van der Waals surface area contributed by atoms with Crippen LogP contribution in [0.1, 0.15) is 23.1 Å². The summed E-state index contributed by atoms with van der Waals surface area (Å²) in [6.07, 6.45) is 4.23. The van der Waals surface area contributed by atoms with E-state index in [2.05, 4.69) is 32.9 Å². The maximum absolute atomic E-state index is 12.3. The van der Waals surface area contributed by atoms with Gasteiger partial charge in [-0.25, -0.2) is 8.42 Å². The van der Waals surface area contributed by atoms with Gasteiger partial charge in [0.25, 0.3) is 0 Å². The van der Waals surface area contributed by atoms with Crippen LogP contribution in [0.15, 0.2) is 78.0 Å². The standard InChI is InChI=1S/C23H29N5O2S.HI/c1-24-23(25-13-8-16-31(29,30)19-20-9-3-2-4-10-20)26-17-21-11-5-6-12-22(21)18-28-15-7-14-27-28;/h2-7,9-12,14-15H,8,13,16-19H2,1H3,(H2,24,25,26);1H. The second kappa shape index (κ2) is 13.2. The van der Waals surface area contributed by atoms with Crippen molar-refractivity contribution >= 4 is 39.8 Å². The van der Waals surface area contributed by atoms with E-state index < -0.39 is 9.84 Å². The van der Waals surface area contributed by atoms with Crippen molar-refractivity contribution in [2.24, 2.45) is 4.99 Å². The van der Waals surface area contributed by atoms with Gasteiger partial charge in [-0.15, -0.1) is 24.0 Å². The van der Waals surface area contributed by atoms with Gasteiger partial charge in [0.1, 0.15) is 0 Å². The molecule has 0 aliphatic carbocycles.